The highest BCUT2D eigenvalue weighted by atomic mass is 16.6. The van der Waals surface area contributed by atoms with Crippen molar-refractivity contribution in [2.24, 2.45) is 5.73 Å². The van der Waals surface area contributed by atoms with Crippen LogP contribution in [0.4, 0.5) is 17.1 Å². The first kappa shape index (κ1) is 21.6. The summed E-state index contributed by atoms with van der Waals surface area (Å²) in [5, 5.41) is 48.6. The maximum Gasteiger partial charge on any atom is 0.426 e. The van der Waals surface area contributed by atoms with Crippen molar-refractivity contribution in [3.8, 4) is 5.75 Å². The molecule has 0 aliphatic heterocycles. The smallest absolute Gasteiger partial charge is 0.426 e. The number of phenols is 1. The van der Waals surface area contributed by atoms with E-state index in [1.165, 1.54) is 0 Å². The second-order valence-corrected chi connectivity index (χ2v) is 4.57. The fourth-order valence-electron chi connectivity index (χ4n) is 1.66. The normalized spacial score (nSPS) is 9.64. The van der Waals surface area contributed by atoms with Crippen LogP contribution in [0.15, 0.2) is 12.1 Å². The average Bonchev–Trinajstić information content (AvgIpc) is 2.50. The van der Waals surface area contributed by atoms with Gasteiger partial charge in [-0.05, 0) is 25.5 Å². The number of unbranched alkanes of at least 4 members (excludes halogenated alkanes) is 2. The van der Waals surface area contributed by atoms with Crippen molar-refractivity contribution in [2.75, 3.05) is 6.54 Å². The number of nitro benzene ring substituents is 3. The number of rotatable bonds is 8. The molecule has 0 spiro atoms. The fraction of sp³-hybridized carbons (Fsp3) is 0.417. The summed E-state index contributed by atoms with van der Waals surface area (Å²) in [6, 6.07) is 1.28. The highest BCUT2D eigenvalue weighted by Gasteiger charge is 2.38. The second-order valence-electron chi connectivity index (χ2n) is 4.57. The summed E-state index contributed by atoms with van der Waals surface area (Å²) in [4.78, 5) is 37.6. The second kappa shape index (κ2) is 10.4. The van der Waals surface area contributed by atoms with Crippen LogP contribution in [0.1, 0.15) is 25.7 Å². The van der Waals surface area contributed by atoms with Gasteiger partial charge in [0.25, 0.3) is 0 Å². The summed E-state index contributed by atoms with van der Waals surface area (Å²) in [7, 11) is 0. The predicted molar refractivity (Wildman–Crippen MR) is 83.2 cm³/mol. The van der Waals surface area contributed by atoms with E-state index >= 15 is 0 Å². The van der Waals surface area contributed by atoms with Crippen LogP contribution < -0.4 is 5.73 Å². The third kappa shape index (κ3) is 7.17. The molecule has 13 nitrogen and oxygen atoms in total. The topological polar surface area (TPSA) is 213 Å². The Kier molecular flexibility index (Phi) is 9.03. The molecule has 0 aliphatic rings. The van der Waals surface area contributed by atoms with Crippen molar-refractivity contribution in [3.05, 3.63) is 42.5 Å². The van der Waals surface area contributed by atoms with Crippen molar-refractivity contribution in [2.45, 2.75) is 25.7 Å². The lowest BCUT2D eigenvalue weighted by Crippen LogP contribution is -2.01. The predicted octanol–water partition coefficient (Wildman–Crippen LogP) is 1.71. The highest BCUT2D eigenvalue weighted by molar-refractivity contribution is 5.71. The number of aliphatic carboxylic acids is 1. The highest BCUT2D eigenvalue weighted by Crippen LogP contribution is 2.41. The van der Waals surface area contributed by atoms with Gasteiger partial charge in [-0.1, -0.05) is 6.42 Å². The number of hydrogen-bond acceptors (Lipinski definition) is 9. The van der Waals surface area contributed by atoms with Gasteiger partial charge >= 0.3 is 23.0 Å². The Labute approximate surface area is 140 Å². The molecule has 138 valence electrons. The molecule has 0 saturated heterocycles. The summed E-state index contributed by atoms with van der Waals surface area (Å²) >= 11 is 0. The fourth-order valence-corrected chi connectivity index (χ4v) is 1.66. The van der Waals surface area contributed by atoms with E-state index in [1.807, 2.05) is 0 Å². The standard InChI is InChI=1S/C6H3N3O7.C6H13NO2/c10-4-2-1-3(7(11)12)5(8(13)14)6(4)9(15)16;7-5-3-1-2-4-6(8)9/h1-2,10H;1-5,7H2,(H,8,9). The SMILES string of the molecule is NCCCCCC(=O)O.O=[N+]([O-])c1ccc(O)c([N+](=O)[O-])c1[N+](=O)[O-]. The number of carboxylic acid groups (broad SMARTS) is 1. The summed E-state index contributed by atoms with van der Waals surface area (Å²) < 4.78 is 0. The minimum atomic E-state index is -1.34. The Morgan fingerprint density at radius 1 is 0.960 bits per heavy atom. The van der Waals surface area contributed by atoms with E-state index in [-0.39, 0.29) is 6.42 Å². The first-order valence-electron chi connectivity index (χ1n) is 6.84. The molecule has 0 atom stereocenters. The Hall–Kier alpha value is -3.35. The van der Waals surface area contributed by atoms with Crippen LogP contribution in [-0.2, 0) is 4.79 Å². The zero-order valence-corrected chi connectivity index (χ0v) is 12.9. The molecule has 4 N–H and O–H groups in total. The van der Waals surface area contributed by atoms with E-state index in [0.717, 1.165) is 19.3 Å². The first-order valence-corrected chi connectivity index (χ1v) is 6.84. The maximum atomic E-state index is 10.5. The molecule has 25 heavy (non-hydrogen) atoms. The van der Waals surface area contributed by atoms with Gasteiger partial charge in [-0.3, -0.25) is 35.1 Å². The summed E-state index contributed by atoms with van der Waals surface area (Å²) in [5.74, 6) is -1.71. The van der Waals surface area contributed by atoms with E-state index in [9.17, 15) is 35.1 Å². The Morgan fingerprint density at radius 2 is 1.52 bits per heavy atom. The molecule has 0 aromatic heterocycles. The monoisotopic (exact) mass is 360 g/mol. The molecule has 0 unspecified atom stereocenters. The molecule has 1 aromatic carbocycles. The molecule has 0 radical (unpaired) electrons. The van der Waals surface area contributed by atoms with Gasteiger partial charge in [-0.25, -0.2) is 0 Å². The van der Waals surface area contributed by atoms with E-state index in [2.05, 4.69) is 0 Å². The van der Waals surface area contributed by atoms with E-state index in [0.29, 0.717) is 18.7 Å². The zero-order valence-electron chi connectivity index (χ0n) is 12.9. The van der Waals surface area contributed by atoms with Crippen molar-refractivity contribution in [3.63, 3.8) is 0 Å². The lowest BCUT2D eigenvalue weighted by molar-refractivity contribution is -0.441. The van der Waals surface area contributed by atoms with Gasteiger partial charge in [0.15, 0.2) is 0 Å². The molecule has 0 aliphatic carbocycles. The quantitative estimate of drug-likeness (QED) is 0.346. The number of nitrogens with zero attached hydrogens (tertiary/aromatic N) is 3. The summed E-state index contributed by atoms with van der Waals surface area (Å²) in [6.45, 7) is 0.666. The van der Waals surface area contributed by atoms with Crippen molar-refractivity contribution in [1.82, 2.24) is 0 Å². The lowest BCUT2D eigenvalue weighted by Gasteiger charge is -1.98. The van der Waals surface area contributed by atoms with E-state index < -0.39 is 43.6 Å². The minimum Gasteiger partial charge on any atom is -0.502 e. The number of phenolic OH excluding ortho intramolecular Hbond substituents is 1. The summed E-state index contributed by atoms with van der Waals surface area (Å²) in [5.41, 5.74) is 1.52. The molecule has 0 heterocycles. The molecule has 1 rings (SSSR count). The molecule has 1 aromatic rings. The maximum absolute atomic E-state index is 10.5. The van der Waals surface area contributed by atoms with Crippen LogP contribution >= 0.6 is 0 Å². The Bertz CT molecular complexity index is 662. The van der Waals surface area contributed by atoms with Gasteiger partial charge < -0.3 is 15.9 Å². The van der Waals surface area contributed by atoms with Gasteiger partial charge in [0.05, 0.1) is 14.8 Å². The van der Waals surface area contributed by atoms with Gasteiger partial charge in [-0.2, -0.15) is 0 Å². The molecule has 13 heteroatoms. The number of aromatic hydroxyl groups is 1. The van der Waals surface area contributed by atoms with Crippen molar-refractivity contribution >= 4 is 23.0 Å². The largest absolute Gasteiger partial charge is 0.502 e. The van der Waals surface area contributed by atoms with Gasteiger partial charge in [0.2, 0.25) is 5.75 Å². The van der Waals surface area contributed by atoms with Crippen molar-refractivity contribution in [1.29, 1.82) is 0 Å². The van der Waals surface area contributed by atoms with Crippen LogP contribution in [0, 0.1) is 30.3 Å². The molecule has 0 fully saturated rings. The number of hydrogen-bond donors (Lipinski definition) is 3. The minimum absolute atomic E-state index is 0.278. The Morgan fingerprint density at radius 3 is 1.92 bits per heavy atom. The van der Waals surface area contributed by atoms with Gasteiger partial charge in [0, 0.05) is 12.5 Å². The number of carboxylic acids is 1. The van der Waals surface area contributed by atoms with Gasteiger partial charge in [0.1, 0.15) is 0 Å². The molecular formula is C12H16N4O9. The van der Waals surface area contributed by atoms with Crippen LogP contribution in [0.3, 0.4) is 0 Å². The Balaban J connectivity index is 0.000000547. The number of nitro groups is 3. The molecular weight excluding hydrogens is 344 g/mol. The molecule has 0 amide bonds. The van der Waals surface area contributed by atoms with E-state index in [4.69, 9.17) is 15.9 Å². The third-order valence-electron chi connectivity index (χ3n) is 2.77. The number of nitrogens with two attached hydrogens (primary N) is 1. The van der Waals surface area contributed by atoms with Crippen LogP contribution in [0.25, 0.3) is 0 Å². The number of benzene rings is 1. The van der Waals surface area contributed by atoms with Crippen LogP contribution in [0.2, 0.25) is 0 Å². The van der Waals surface area contributed by atoms with Crippen molar-refractivity contribution < 1.29 is 29.8 Å². The first-order chi connectivity index (χ1) is 11.6. The average molecular weight is 360 g/mol. The zero-order chi connectivity index (χ0) is 19.6. The van der Waals surface area contributed by atoms with E-state index in [1.54, 1.807) is 0 Å². The number of carbonyl (C=O) groups is 1. The summed E-state index contributed by atoms with van der Waals surface area (Å²) in [6.07, 6.45) is 2.91. The molecule has 0 saturated carbocycles. The lowest BCUT2D eigenvalue weighted by atomic mass is 10.2. The van der Waals surface area contributed by atoms with Crippen LogP contribution in [0.5, 0.6) is 5.75 Å². The molecule has 0 bridgehead atoms. The van der Waals surface area contributed by atoms with Gasteiger partial charge in [-0.15, -0.1) is 0 Å². The van der Waals surface area contributed by atoms with Crippen LogP contribution in [-0.4, -0.2) is 37.5 Å². The third-order valence-corrected chi connectivity index (χ3v) is 2.77.